The van der Waals surface area contributed by atoms with Gasteiger partial charge in [0.2, 0.25) is 15.9 Å². The normalized spacial score (nSPS) is 15.0. The van der Waals surface area contributed by atoms with Crippen molar-refractivity contribution in [3.8, 4) is 11.6 Å². The van der Waals surface area contributed by atoms with E-state index in [2.05, 4.69) is 14.8 Å². The predicted octanol–water partition coefficient (Wildman–Crippen LogP) is 3.07. The van der Waals surface area contributed by atoms with Gasteiger partial charge in [-0.2, -0.15) is 5.10 Å². The van der Waals surface area contributed by atoms with Crippen LogP contribution in [-0.4, -0.2) is 29.3 Å². The van der Waals surface area contributed by atoms with Crippen molar-refractivity contribution in [3.63, 3.8) is 0 Å². The van der Waals surface area contributed by atoms with Gasteiger partial charge in [-0.25, -0.2) is 22.8 Å². The largest absolute Gasteiger partial charge is 0.474 e. The van der Waals surface area contributed by atoms with Crippen LogP contribution in [0.2, 0.25) is 0 Å². The molecule has 0 aliphatic heterocycles. The molecular weight excluding hydrogens is 376 g/mol. The van der Waals surface area contributed by atoms with E-state index in [1.807, 2.05) is 30.3 Å². The van der Waals surface area contributed by atoms with Crippen molar-refractivity contribution >= 4 is 10.0 Å². The van der Waals surface area contributed by atoms with E-state index >= 15 is 0 Å². The number of para-hydroxylation sites is 1. The Labute approximate surface area is 164 Å². The van der Waals surface area contributed by atoms with Crippen LogP contribution in [0.3, 0.4) is 0 Å². The average molecular weight is 398 g/mol. The number of ether oxygens (including phenoxy) is 1. The Bertz CT molecular complexity index is 1030. The molecule has 146 valence electrons. The Balaban J connectivity index is 1.42. The first-order chi connectivity index (χ1) is 13.6. The van der Waals surface area contributed by atoms with Crippen molar-refractivity contribution in [2.75, 3.05) is 0 Å². The Morgan fingerprint density at radius 3 is 2.71 bits per heavy atom. The van der Waals surface area contributed by atoms with Gasteiger partial charge in [0.05, 0.1) is 18.1 Å². The van der Waals surface area contributed by atoms with Crippen molar-refractivity contribution in [2.45, 2.75) is 43.2 Å². The molecule has 0 radical (unpaired) electrons. The molecule has 1 aliphatic rings. The second-order valence-corrected chi connectivity index (χ2v) is 8.57. The third-order valence-electron chi connectivity index (χ3n) is 4.75. The van der Waals surface area contributed by atoms with Gasteiger partial charge in [-0.05, 0) is 49.4 Å². The lowest BCUT2D eigenvalue weighted by atomic mass is 10.2. The summed E-state index contributed by atoms with van der Waals surface area (Å²) in [5, 5.41) is 4.15. The van der Waals surface area contributed by atoms with Crippen LogP contribution in [0.1, 0.15) is 31.2 Å². The van der Waals surface area contributed by atoms with E-state index in [1.165, 1.54) is 29.9 Å². The zero-order chi connectivity index (χ0) is 19.4. The molecule has 1 fully saturated rings. The van der Waals surface area contributed by atoms with Gasteiger partial charge in [-0.15, -0.1) is 0 Å². The fourth-order valence-electron chi connectivity index (χ4n) is 3.23. The van der Waals surface area contributed by atoms with E-state index < -0.39 is 10.0 Å². The van der Waals surface area contributed by atoms with Crippen LogP contribution >= 0.6 is 0 Å². The highest BCUT2D eigenvalue weighted by Gasteiger charge is 2.18. The molecular formula is C20H22N4O3S. The average Bonchev–Trinajstić information content (AvgIpc) is 3.40. The molecule has 0 spiro atoms. The monoisotopic (exact) mass is 398 g/mol. The molecule has 0 amide bonds. The summed E-state index contributed by atoms with van der Waals surface area (Å²) < 4.78 is 35.2. The topological polar surface area (TPSA) is 86.1 Å². The molecule has 7 nitrogen and oxygen atoms in total. The molecule has 8 heteroatoms. The Hall–Kier alpha value is -2.71. The molecule has 28 heavy (non-hydrogen) atoms. The summed E-state index contributed by atoms with van der Waals surface area (Å²) in [4.78, 5) is 4.35. The summed E-state index contributed by atoms with van der Waals surface area (Å²) in [7, 11) is -3.68. The predicted molar refractivity (Wildman–Crippen MR) is 105 cm³/mol. The lowest BCUT2D eigenvalue weighted by Gasteiger charge is -2.12. The lowest BCUT2D eigenvalue weighted by Crippen LogP contribution is -2.23. The number of hydrogen-bond acceptors (Lipinski definition) is 5. The van der Waals surface area contributed by atoms with E-state index in [4.69, 9.17) is 4.74 Å². The zero-order valence-electron chi connectivity index (χ0n) is 15.4. The maximum absolute atomic E-state index is 12.6. The van der Waals surface area contributed by atoms with Gasteiger partial charge in [0, 0.05) is 18.8 Å². The highest BCUT2D eigenvalue weighted by Crippen LogP contribution is 2.23. The fraction of sp³-hybridized carbons (Fsp3) is 0.300. The maximum Gasteiger partial charge on any atom is 0.244 e. The lowest BCUT2D eigenvalue weighted by molar-refractivity contribution is 0.201. The molecule has 1 aliphatic carbocycles. The number of benzene rings is 1. The van der Waals surface area contributed by atoms with Crippen molar-refractivity contribution in [2.24, 2.45) is 0 Å². The van der Waals surface area contributed by atoms with Crippen LogP contribution in [0.15, 0.2) is 66.0 Å². The van der Waals surface area contributed by atoms with Crippen LogP contribution in [-0.2, 0) is 16.6 Å². The van der Waals surface area contributed by atoms with E-state index in [0.29, 0.717) is 5.88 Å². The zero-order valence-corrected chi connectivity index (χ0v) is 16.2. The van der Waals surface area contributed by atoms with Crippen LogP contribution in [0.5, 0.6) is 5.88 Å². The first-order valence-electron chi connectivity index (χ1n) is 9.31. The second kappa shape index (κ2) is 8.12. The number of sulfonamides is 1. The van der Waals surface area contributed by atoms with E-state index in [0.717, 1.165) is 24.1 Å². The van der Waals surface area contributed by atoms with Crippen molar-refractivity contribution in [1.82, 2.24) is 19.5 Å². The third-order valence-corrected chi connectivity index (χ3v) is 6.10. The molecule has 4 rings (SSSR count). The molecule has 1 saturated carbocycles. The quantitative estimate of drug-likeness (QED) is 0.661. The number of nitrogens with one attached hydrogen (secondary N) is 1. The summed E-state index contributed by atoms with van der Waals surface area (Å²) in [6, 6.07) is 12.9. The summed E-state index contributed by atoms with van der Waals surface area (Å²) in [5.41, 5.74) is 1.59. The van der Waals surface area contributed by atoms with E-state index in [-0.39, 0.29) is 17.5 Å². The van der Waals surface area contributed by atoms with Crippen molar-refractivity contribution < 1.29 is 13.2 Å². The minimum atomic E-state index is -3.68. The van der Waals surface area contributed by atoms with Gasteiger partial charge in [0.25, 0.3) is 0 Å². The van der Waals surface area contributed by atoms with Gasteiger partial charge < -0.3 is 4.74 Å². The third kappa shape index (κ3) is 4.40. The highest BCUT2D eigenvalue weighted by molar-refractivity contribution is 7.89. The van der Waals surface area contributed by atoms with Crippen LogP contribution < -0.4 is 9.46 Å². The first kappa shape index (κ1) is 18.6. The van der Waals surface area contributed by atoms with Gasteiger partial charge in [0.15, 0.2) is 0 Å². The van der Waals surface area contributed by atoms with Crippen molar-refractivity contribution in [3.05, 3.63) is 66.6 Å². The number of rotatable bonds is 7. The Kier molecular flexibility index (Phi) is 5.40. The number of hydrogen-bond donors (Lipinski definition) is 1. The minimum absolute atomic E-state index is 0.118. The summed E-state index contributed by atoms with van der Waals surface area (Å²) in [6.07, 6.45) is 9.15. The van der Waals surface area contributed by atoms with Crippen LogP contribution in [0.4, 0.5) is 0 Å². The fourth-order valence-corrected chi connectivity index (χ4v) is 4.18. The summed E-state index contributed by atoms with van der Waals surface area (Å²) in [6.45, 7) is 0.155. The molecule has 2 heterocycles. The van der Waals surface area contributed by atoms with Gasteiger partial charge >= 0.3 is 0 Å². The highest BCUT2D eigenvalue weighted by atomic mass is 32.2. The smallest absolute Gasteiger partial charge is 0.244 e. The number of aromatic nitrogens is 3. The van der Waals surface area contributed by atoms with Crippen molar-refractivity contribution in [1.29, 1.82) is 0 Å². The standard InChI is InChI=1S/C20H22N4O3S/c25-28(26,19-14-22-24(15-19)17-6-2-1-3-7-17)23-13-16-10-11-21-20(12-16)27-18-8-4-5-9-18/h1-3,6-7,10-12,14-15,18,23H,4-5,8-9,13H2. The van der Waals surface area contributed by atoms with E-state index in [9.17, 15) is 8.42 Å². The minimum Gasteiger partial charge on any atom is -0.474 e. The molecule has 1 N–H and O–H groups in total. The maximum atomic E-state index is 12.6. The summed E-state index contributed by atoms with van der Waals surface area (Å²) >= 11 is 0. The number of pyridine rings is 1. The van der Waals surface area contributed by atoms with Gasteiger partial charge in [0.1, 0.15) is 11.0 Å². The van der Waals surface area contributed by atoms with Crippen LogP contribution in [0, 0.1) is 0 Å². The Morgan fingerprint density at radius 2 is 1.93 bits per heavy atom. The van der Waals surface area contributed by atoms with Crippen LogP contribution in [0.25, 0.3) is 5.69 Å². The van der Waals surface area contributed by atoms with Gasteiger partial charge in [-0.1, -0.05) is 18.2 Å². The first-order valence-corrected chi connectivity index (χ1v) is 10.8. The van der Waals surface area contributed by atoms with Gasteiger partial charge in [-0.3, -0.25) is 0 Å². The SMILES string of the molecule is O=S(=O)(NCc1ccnc(OC2CCCC2)c1)c1cnn(-c2ccccc2)c1. The summed E-state index contributed by atoms with van der Waals surface area (Å²) in [5.74, 6) is 0.542. The molecule has 0 unspecified atom stereocenters. The molecule has 0 saturated heterocycles. The second-order valence-electron chi connectivity index (χ2n) is 6.81. The molecule has 0 atom stereocenters. The number of nitrogens with zero attached hydrogens (tertiary/aromatic N) is 3. The molecule has 2 aromatic heterocycles. The molecule has 3 aromatic rings. The molecule has 0 bridgehead atoms. The van der Waals surface area contributed by atoms with E-state index in [1.54, 1.807) is 18.3 Å². The Morgan fingerprint density at radius 1 is 1.14 bits per heavy atom. The molecule has 1 aromatic carbocycles.